The zero-order valence-corrected chi connectivity index (χ0v) is 5.62. The van der Waals surface area contributed by atoms with E-state index in [1.807, 2.05) is 0 Å². The van der Waals surface area contributed by atoms with Crippen LogP contribution in [0.15, 0.2) is 0 Å². The van der Waals surface area contributed by atoms with Crippen LogP contribution >= 0.6 is 12.2 Å². The lowest BCUT2D eigenvalue weighted by Gasteiger charge is -2.05. The van der Waals surface area contributed by atoms with E-state index in [1.165, 1.54) is 7.11 Å². The molecule has 0 aliphatic carbocycles. The molecule has 1 aliphatic heterocycles. The highest BCUT2D eigenvalue weighted by Crippen LogP contribution is 2.05. The molecule has 5 nitrogen and oxygen atoms in total. The summed E-state index contributed by atoms with van der Waals surface area (Å²) in [5.74, 6) is -0.993. The molecule has 0 spiro atoms. The van der Waals surface area contributed by atoms with Crippen LogP contribution in [0, 0.1) is 0 Å². The van der Waals surface area contributed by atoms with Crippen molar-refractivity contribution >= 4 is 17.4 Å². The molecule has 0 radical (unpaired) electrons. The van der Waals surface area contributed by atoms with Crippen LogP contribution in [0.5, 0.6) is 0 Å². The molecule has 6 heteroatoms. The molecular formula is C3H7N3O2S. The summed E-state index contributed by atoms with van der Waals surface area (Å²) in [5, 5.41) is 2.73. The lowest BCUT2D eigenvalue weighted by molar-refractivity contribution is 0.265. The van der Waals surface area contributed by atoms with Gasteiger partial charge in [-0.3, -0.25) is 11.1 Å². The van der Waals surface area contributed by atoms with Crippen LogP contribution in [-0.4, -0.2) is 18.3 Å². The number of hydrogen-bond acceptors (Lipinski definition) is 5. The summed E-state index contributed by atoms with van der Waals surface area (Å²) >= 11 is 4.61. The summed E-state index contributed by atoms with van der Waals surface area (Å²) < 4.78 is 4.59. The minimum Gasteiger partial charge on any atom is -0.474 e. The van der Waals surface area contributed by atoms with E-state index in [2.05, 4.69) is 32.6 Å². The van der Waals surface area contributed by atoms with Crippen molar-refractivity contribution in [2.24, 2.45) is 5.73 Å². The predicted molar refractivity (Wildman–Crippen MR) is 33.9 cm³/mol. The Labute approximate surface area is 57.4 Å². The lowest BCUT2D eigenvalue weighted by atomic mass is 10.8. The van der Waals surface area contributed by atoms with Crippen LogP contribution in [0.4, 0.5) is 0 Å². The van der Waals surface area contributed by atoms with Gasteiger partial charge in [-0.15, -0.1) is 5.48 Å². The normalized spacial score (nSPS) is 31.3. The van der Waals surface area contributed by atoms with Gasteiger partial charge >= 0.3 is 0 Å². The molecule has 1 saturated heterocycles. The molecule has 0 aromatic heterocycles. The Morgan fingerprint density at radius 1 is 2.00 bits per heavy atom. The van der Waals surface area contributed by atoms with E-state index in [0.717, 1.165) is 0 Å². The number of nitrogens with two attached hydrogens (primary N) is 1. The predicted octanol–water partition coefficient (Wildman–Crippen LogP) is -1.39. The van der Waals surface area contributed by atoms with Crippen LogP contribution in [0.3, 0.4) is 0 Å². The van der Waals surface area contributed by atoms with Crippen molar-refractivity contribution < 1.29 is 9.57 Å². The molecular weight excluding hydrogens is 142 g/mol. The highest BCUT2D eigenvalue weighted by molar-refractivity contribution is 7.80. The second-order valence-corrected chi connectivity index (χ2v) is 1.93. The van der Waals surface area contributed by atoms with Gasteiger partial charge in [0.1, 0.15) is 0 Å². The quantitative estimate of drug-likeness (QED) is 0.242. The summed E-state index contributed by atoms with van der Waals surface area (Å²) in [7, 11) is 1.45. The van der Waals surface area contributed by atoms with Crippen molar-refractivity contribution in [2.75, 3.05) is 7.11 Å². The van der Waals surface area contributed by atoms with Crippen molar-refractivity contribution in [1.82, 2.24) is 10.8 Å². The molecule has 1 heterocycles. The molecule has 0 aromatic carbocycles. The van der Waals surface area contributed by atoms with E-state index in [4.69, 9.17) is 5.73 Å². The third-order valence-corrected chi connectivity index (χ3v) is 1.06. The van der Waals surface area contributed by atoms with E-state index < -0.39 is 5.97 Å². The van der Waals surface area contributed by atoms with Gasteiger partial charge in [-0.2, -0.15) is 0 Å². The van der Waals surface area contributed by atoms with Gasteiger partial charge < -0.3 is 4.74 Å². The van der Waals surface area contributed by atoms with Gasteiger partial charge in [0.15, 0.2) is 0 Å². The topological polar surface area (TPSA) is 81.8 Å². The van der Waals surface area contributed by atoms with Gasteiger partial charge in [0, 0.05) is 0 Å². The summed E-state index contributed by atoms with van der Waals surface area (Å²) in [6.07, 6.45) is 0. The molecule has 0 saturated carbocycles. The maximum atomic E-state index is 5.31. The molecule has 52 valence electrons. The monoisotopic (exact) mass is 149 g/mol. The Morgan fingerprint density at radius 2 is 2.56 bits per heavy atom. The number of methoxy groups -OCH3 is 1. The van der Waals surface area contributed by atoms with Crippen LogP contribution in [0.25, 0.3) is 0 Å². The zero-order chi connectivity index (χ0) is 6.91. The van der Waals surface area contributed by atoms with Crippen LogP contribution in [0.1, 0.15) is 0 Å². The number of rotatable bonds is 1. The van der Waals surface area contributed by atoms with Crippen molar-refractivity contribution in [3.8, 4) is 0 Å². The third kappa shape index (κ3) is 1.75. The van der Waals surface area contributed by atoms with Gasteiger partial charge in [0.2, 0.25) is 0 Å². The maximum absolute atomic E-state index is 5.31. The van der Waals surface area contributed by atoms with Gasteiger partial charge in [-0.05, 0) is 12.2 Å². The average molecular weight is 149 g/mol. The first-order chi connectivity index (χ1) is 4.16. The summed E-state index contributed by atoms with van der Waals surface area (Å²) in [5.41, 5.74) is 7.69. The van der Waals surface area contributed by atoms with Crippen molar-refractivity contribution in [3.05, 3.63) is 0 Å². The Hall–Kier alpha value is -0.430. The van der Waals surface area contributed by atoms with Gasteiger partial charge in [-0.25, -0.2) is 4.84 Å². The zero-order valence-electron chi connectivity index (χ0n) is 4.80. The Kier molecular flexibility index (Phi) is 1.54. The number of thiocarbonyl (C=S) groups is 1. The number of nitrogens with one attached hydrogen (secondary N) is 2. The summed E-state index contributed by atoms with van der Waals surface area (Å²) in [6, 6.07) is 0. The van der Waals surface area contributed by atoms with Crippen molar-refractivity contribution in [2.45, 2.75) is 5.97 Å². The lowest BCUT2D eigenvalue weighted by Crippen LogP contribution is -2.47. The molecule has 1 fully saturated rings. The second-order valence-electron chi connectivity index (χ2n) is 1.56. The first-order valence-corrected chi connectivity index (χ1v) is 2.67. The van der Waals surface area contributed by atoms with Crippen LogP contribution in [0.2, 0.25) is 0 Å². The van der Waals surface area contributed by atoms with E-state index in [-0.39, 0.29) is 5.17 Å². The molecule has 1 unspecified atom stereocenters. The minimum absolute atomic E-state index is 0.197. The fourth-order valence-electron chi connectivity index (χ4n) is 0.309. The van der Waals surface area contributed by atoms with Crippen molar-refractivity contribution in [3.63, 3.8) is 0 Å². The molecule has 1 aliphatic rings. The summed E-state index contributed by atoms with van der Waals surface area (Å²) in [4.78, 5) is 4.52. The molecule has 1 rings (SSSR count). The standard InChI is InChI=1S/C3H7N3O2S/c1-7-2(9)5-3(4)6-8-3/h6H,4H2,1H3,(H,5,9). The first kappa shape index (κ1) is 6.69. The van der Waals surface area contributed by atoms with Crippen LogP contribution in [-0.2, 0) is 9.57 Å². The Morgan fingerprint density at radius 3 is 2.89 bits per heavy atom. The fourth-order valence-corrected chi connectivity index (χ4v) is 0.460. The van der Waals surface area contributed by atoms with E-state index in [1.54, 1.807) is 0 Å². The Balaban J connectivity index is 2.25. The van der Waals surface area contributed by atoms with Crippen LogP contribution < -0.4 is 16.5 Å². The van der Waals surface area contributed by atoms with Gasteiger partial charge in [0.25, 0.3) is 11.1 Å². The molecule has 1 atom stereocenters. The van der Waals surface area contributed by atoms with Crippen molar-refractivity contribution in [1.29, 1.82) is 0 Å². The SMILES string of the molecule is COC(=S)NC1(N)NO1. The van der Waals surface area contributed by atoms with Gasteiger partial charge in [-0.1, -0.05) is 0 Å². The largest absolute Gasteiger partial charge is 0.474 e. The first-order valence-electron chi connectivity index (χ1n) is 2.26. The third-order valence-electron chi connectivity index (χ3n) is 0.795. The van der Waals surface area contributed by atoms with Gasteiger partial charge in [0.05, 0.1) is 7.11 Å². The number of hydroxylamine groups is 1. The van der Waals surface area contributed by atoms with E-state index in [0.29, 0.717) is 0 Å². The highest BCUT2D eigenvalue weighted by Gasteiger charge is 2.41. The molecule has 0 amide bonds. The molecule has 0 bridgehead atoms. The number of hydrogen-bond donors (Lipinski definition) is 3. The second kappa shape index (κ2) is 2.07. The molecule has 9 heavy (non-hydrogen) atoms. The maximum Gasteiger partial charge on any atom is 0.297 e. The average Bonchev–Trinajstić information content (AvgIpc) is 2.48. The summed E-state index contributed by atoms with van der Waals surface area (Å²) in [6.45, 7) is 0. The minimum atomic E-state index is -0.993. The fraction of sp³-hybridized carbons (Fsp3) is 0.667. The smallest absolute Gasteiger partial charge is 0.297 e. The van der Waals surface area contributed by atoms with E-state index in [9.17, 15) is 0 Å². The molecule has 0 aromatic rings. The molecule has 4 N–H and O–H groups in total. The van der Waals surface area contributed by atoms with E-state index >= 15 is 0 Å². The highest BCUT2D eigenvalue weighted by atomic mass is 32.1. The number of ether oxygens (including phenoxy) is 1. The Bertz CT molecular complexity index is 135.